The van der Waals surface area contributed by atoms with Gasteiger partial charge in [0.05, 0.1) is 18.3 Å². The van der Waals surface area contributed by atoms with Crippen LogP contribution in [0.4, 0.5) is 0 Å². The van der Waals surface area contributed by atoms with E-state index in [1.54, 1.807) is 24.1 Å². The second-order valence-corrected chi connectivity index (χ2v) is 5.11. The van der Waals surface area contributed by atoms with Gasteiger partial charge < -0.3 is 9.32 Å². The monoisotopic (exact) mass is 250 g/mol. The normalized spacial score (nSPS) is 20.2. The molecule has 98 valence electrons. The zero-order chi connectivity index (χ0) is 13.3. The van der Waals surface area contributed by atoms with E-state index >= 15 is 0 Å². The number of ketones is 1. The van der Waals surface area contributed by atoms with Gasteiger partial charge in [-0.05, 0) is 26.0 Å². The molecule has 1 aromatic heterocycles. The van der Waals surface area contributed by atoms with Gasteiger partial charge in [-0.2, -0.15) is 0 Å². The predicted molar refractivity (Wildman–Crippen MR) is 66.3 cm³/mol. The lowest BCUT2D eigenvalue weighted by Crippen LogP contribution is -2.62. The molecule has 0 bridgehead atoms. The lowest BCUT2D eigenvalue weighted by atomic mass is 9.97. The van der Waals surface area contributed by atoms with Crippen LogP contribution in [0.1, 0.15) is 24.4 Å². The van der Waals surface area contributed by atoms with Crippen LogP contribution in [0.5, 0.6) is 0 Å². The smallest absolute Gasteiger partial charge is 0.242 e. The van der Waals surface area contributed by atoms with Crippen LogP contribution in [-0.4, -0.2) is 53.7 Å². The molecule has 2 rings (SSSR count). The van der Waals surface area contributed by atoms with E-state index < -0.39 is 5.54 Å². The topological polar surface area (TPSA) is 53.8 Å². The van der Waals surface area contributed by atoms with Crippen molar-refractivity contribution in [2.45, 2.75) is 19.4 Å². The third-order valence-electron chi connectivity index (χ3n) is 3.50. The third-order valence-corrected chi connectivity index (χ3v) is 3.50. The zero-order valence-corrected chi connectivity index (χ0v) is 11.0. The van der Waals surface area contributed by atoms with Crippen molar-refractivity contribution in [1.82, 2.24) is 9.80 Å². The first kappa shape index (κ1) is 12.8. The van der Waals surface area contributed by atoms with Gasteiger partial charge in [0.1, 0.15) is 0 Å². The molecular formula is C13H18N2O3. The van der Waals surface area contributed by atoms with Crippen molar-refractivity contribution in [3.8, 4) is 0 Å². The Labute approximate surface area is 106 Å². The second kappa shape index (κ2) is 4.57. The van der Waals surface area contributed by atoms with Crippen molar-refractivity contribution < 1.29 is 14.0 Å². The Hall–Kier alpha value is -1.62. The Kier molecular flexibility index (Phi) is 3.26. The van der Waals surface area contributed by atoms with E-state index in [-0.39, 0.29) is 18.2 Å². The van der Waals surface area contributed by atoms with Gasteiger partial charge in [0.15, 0.2) is 5.76 Å². The van der Waals surface area contributed by atoms with Crippen LogP contribution < -0.4 is 0 Å². The van der Waals surface area contributed by atoms with E-state index in [1.165, 1.54) is 6.26 Å². The zero-order valence-electron chi connectivity index (χ0n) is 11.0. The molecule has 0 unspecified atom stereocenters. The van der Waals surface area contributed by atoms with Crippen LogP contribution in [0.15, 0.2) is 22.8 Å². The maximum Gasteiger partial charge on any atom is 0.242 e. The number of amides is 1. The fraction of sp³-hybridized carbons (Fsp3) is 0.538. The Bertz CT molecular complexity index is 451. The molecule has 1 aliphatic heterocycles. The molecule has 0 N–H and O–H groups in total. The summed E-state index contributed by atoms with van der Waals surface area (Å²) in [4.78, 5) is 27.7. The highest BCUT2D eigenvalue weighted by atomic mass is 16.3. The van der Waals surface area contributed by atoms with E-state index in [9.17, 15) is 9.59 Å². The van der Waals surface area contributed by atoms with Crippen molar-refractivity contribution in [2.75, 3.05) is 26.7 Å². The average Bonchev–Trinajstić information content (AvgIpc) is 2.84. The molecule has 1 aromatic rings. The van der Waals surface area contributed by atoms with Crippen molar-refractivity contribution in [2.24, 2.45) is 0 Å². The molecule has 1 aliphatic rings. The van der Waals surface area contributed by atoms with Crippen LogP contribution >= 0.6 is 0 Å². The number of nitrogens with zero attached hydrogens (tertiary/aromatic N) is 2. The fourth-order valence-electron chi connectivity index (χ4n) is 2.22. The van der Waals surface area contributed by atoms with Crippen LogP contribution in [0.3, 0.4) is 0 Å². The van der Waals surface area contributed by atoms with Crippen molar-refractivity contribution in [1.29, 1.82) is 0 Å². The van der Waals surface area contributed by atoms with E-state index in [4.69, 9.17) is 4.42 Å². The average molecular weight is 250 g/mol. The maximum absolute atomic E-state index is 12.1. The molecule has 1 fully saturated rings. The lowest BCUT2D eigenvalue weighted by molar-refractivity contribution is -0.146. The van der Waals surface area contributed by atoms with Crippen LogP contribution in [0.25, 0.3) is 0 Å². The highest BCUT2D eigenvalue weighted by Gasteiger charge is 2.41. The Morgan fingerprint density at radius 2 is 2.17 bits per heavy atom. The molecule has 18 heavy (non-hydrogen) atoms. The van der Waals surface area contributed by atoms with Gasteiger partial charge >= 0.3 is 0 Å². The highest BCUT2D eigenvalue weighted by Crippen LogP contribution is 2.21. The minimum absolute atomic E-state index is 0.0426. The number of furan rings is 1. The van der Waals surface area contributed by atoms with Crippen molar-refractivity contribution in [3.05, 3.63) is 24.2 Å². The predicted octanol–water partition coefficient (Wildman–Crippen LogP) is 1.01. The maximum atomic E-state index is 12.1. The van der Waals surface area contributed by atoms with Gasteiger partial charge in [0, 0.05) is 20.1 Å². The van der Waals surface area contributed by atoms with Crippen molar-refractivity contribution in [3.63, 3.8) is 0 Å². The van der Waals surface area contributed by atoms with E-state index in [0.29, 0.717) is 18.8 Å². The van der Waals surface area contributed by atoms with E-state index in [1.807, 2.05) is 18.7 Å². The molecule has 2 heterocycles. The number of carbonyl (C=O) groups excluding carboxylic acids is 2. The van der Waals surface area contributed by atoms with E-state index in [2.05, 4.69) is 0 Å². The number of hydrogen-bond acceptors (Lipinski definition) is 4. The summed E-state index contributed by atoms with van der Waals surface area (Å²) >= 11 is 0. The van der Waals surface area contributed by atoms with Gasteiger partial charge in [0.25, 0.3) is 0 Å². The largest absolute Gasteiger partial charge is 0.461 e. The first-order valence-corrected chi connectivity index (χ1v) is 6.00. The minimum Gasteiger partial charge on any atom is -0.461 e. The summed E-state index contributed by atoms with van der Waals surface area (Å²) in [5, 5.41) is 0. The summed E-state index contributed by atoms with van der Waals surface area (Å²) in [6, 6.07) is 3.33. The van der Waals surface area contributed by atoms with E-state index in [0.717, 1.165) is 0 Å². The van der Waals surface area contributed by atoms with Crippen LogP contribution in [0.2, 0.25) is 0 Å². The summed E-state index contributed by atoms with van der Waals surface area (Å²) < 4.78 is 5.08. The van der Waals surface area contributed by atoms with Gasteiger partial charge in [-0.1, -0.05) is 0 Å². The van der Waals surface area contributed by atoms with Gasteiger partial charge in [-0.25, -0.2) is 0 Å². The van der Waals surface area contributed by atoms with Gasteiger partial charge in [-0.15, -0.1) is 0 Å². The highest BCUT2D eigenvalue weighted by molar-refractivity contribution is 5.96. The molecule has 5 heteroatoms. The summed E-state index contributed by atoms with van der Waals surface area (Å²) in [6.07, 6.45) is 1.48. The second-order valence-electron chi connectivity index (χ2n) is 5.11. The standard InChI is InChI=1S/C13H18N2O3/c1-13(2)12(17)14(3)6-7-15(13)9-10(16)11-5-4-8-18-11/h4-5,8H,6-7,9H2,1-3H3. The quantitative estimate of drug-likeness (QED) is 0.751. The number of likely N-dealkylation sites (N-methyl/N-ethyl adjacent to an activating group) is 1. The lowest BCUT2D eigenvalue weighted by Gasteiger charge is -2.44. The summed E-state index contributed by atoms with van der Waals surface area (Å²) in [7, 11) is 1.79. The van der Waals surface area contributed by atoms with Gasteiger partial charge in [0.2, 0.25) is 11.7 Å². The van der Waals surface area contributed by atoms with Gasteiger partial charge in [-0.3, -0.25) is 14.5 Å². The Balaban J connectivity index is 2.10. The molecular weight excluding hydrogens is 232 g/mol. The number of rotatable bonds is 3. The number of carbonyl (C=O) groups is 2. The minimum atomic E-state index is -0.644. The van der Waals surface area contributed by atoms with Crippen molar-refractivity contribution >= 4 is 11.7 Å². The molecule has 1 amide bonds. The molecule has 0 spiro atoms. The SMILES string of the molecule is CN1CCN(CC(=O)c2ccco2)C(C)(C)C1=O. The molecule has 0 aromatic carbocycles. The number of piperazine rings is 1. The Morgan fingerprint density at radius 3 is 2.78 bits per heavy atom. The third kappa shape index (κ3) is 2.18. The first-order chi connectivity index (χ1) is 8.43. The molecule has 0 aliphatic carbocycles. The summed E-state index contributed by atoms with van der Waals surface area (Å²) in [5.41, 5.74) is -0.644. The summed E-state index contributed by atoms with van der Waals surface area (Å²) in [6.45, 7) is 5.25. The number of hydrogen-bond donors (Lipinski definition) is 0. The first-order valence-electron chi connectivity index (χ1n) is 6.00. The molecule has 0 radical (unpaired) electrons. The molecule has 0 saturated carbocycles. The fourth-order valence-corrected chi connectivity index (χ4v) is 2.22. The molecule has 0 atom stereocenters. The number of Topliss-reactive ketones (excluding diaryl/α,β-unsaturated/α-hetero) is 1. The molecule has 5 nitrogen and oxygen atoms in total. The summed E-state index contributed by atoms with van der Waals surface area (Å²) in [5.74, 6) is 0.295. The molecule has 1 saturated heterocycles. The van der Waals surface area contributed by atoms with Crippen LogP contribution in [0, 0.1) is 0 Å². The Morgan fingerprint density at radius 1 is 1.44 bits per heavy atom. The van der Waals surface area contributed by atoms with Crippen LogP contribution in [-0.2, 0) is 4.79 Å².